The number of nitrogens with two attached hydrogens (primary N) is 1. The van der Waals surface area contributed by atoms with Gasteiger partial charge >= 0.3 is 0 Å². The molecule has 0 saturated heterocycles. The summed E-state index contributed by atoms with van der Waals surface area (Å²) >= 11 is 5.65. The Balaban J connectivity index is 2.12. The molecule has 6 heteroatoms. The van der Waals surface area contributed by atoms with Crippen molar-refractivity contribution >= 4 is 23.2 Å². The van der Waals surface area contributed by atoms with Crippen LogP contribution in [-0.4, -0.2) is 13.0 Å². The first-order chi connectivity index (χ1) is 10.0. The van der Waals surface area contributed by atoms with Crippen LogP contribution in [0.3, 0.4) is 0 Å². The smallest absolute Gasteiger partial charge is 0.254 e. The highest BCUT2D eigenvalue weighted by Gasteiger charge is 2.12. The molecular weight excluding hydrogens is 295 g/mol. The second-order valence-electron chi connectivity index (χ2n) is 4.38. The molecule has 0 saturated carbocycles. The molecule has 0 spiro atoms. The van der Waals surface area contributed by atoms with Gasteiger partial charge in [0.2, 0.25) is 0 Å². The van der Waals surface area contributed by atoms with Crippen LogP contribution in [0.5, 0.6) is 5.75 Å². The SMILES string of the molecule is COc1ccc(N)cc1CNC(=O)c1ccc(Cl)cc1F. The maximum atomic E-state index is 13.6. The Morgan fingerprint density at radius 2 is 2.10 bits per heavy atom. The molecule has 2 rings (SSSR count). The van der Waals surface area contributed by atoms with Crippen molar-refractivity contribution in [1.82, 2.24) is 5.32 Å². The molecule has 0 heterocycles. The number of carbonyl (C=O) groups is 1. The van der Waals surface area contributed by atoms with Gasteiger partial charge in [-0.3, -0.25) is 4.79 Å². The molecule has 0 unspecified atom stereocenters. The third-order valence-corrected chi connectivity index (χ3v) is 3.15. The van der Waals surface area contributed by atoms with Gasteiger partial charge in [-0.1, -0.05) is 11.6 Å². The summed E-state index contributed by atoms with van der Waals surface area (Å²) in [6.45, 7) is 0.176. The summed E-state index contributed by atoms with van der Waals surface area (Å²) in [5, 5.41) is 2.86. The van der Waals surface area contributed by atoms with Crippen molar-refractivity contribution < 1.29 is 13.9 Å². The highest BCUT2D eigenvalue weighted by molar-refractivity contribution is 6.30. The first kappa shape index (κ1) is 15.1. The lowest BCUT2D eigenvalue weighted by molar-refractivity contribution is 0.0946. The van der Waals surface area contributed by atoms with Crippen LogP contribution in [0.25, 0.3) is 0 Å². The molecule has 0 radical (unpaired) electrons. The van der Waals surface area contributed by atoms with E-state index in [0.29, 0.717) is 17.0 Å². The number of hydrogen-bond acceptors (Lipinski definition) is 3. The standard InChI is InChI=1S/C15H14ClFN2O2/c1-21-14-5-3-11(18)6-9(14)8-19-15(20)12-4-2-10(16)7-13(12)17/h2-7H,8,18H2,1H3,(H,19,20). The Morgan fingerprint density at radius 1 is 1.33 bits per heavy atom. The van der Waals surface area contributed by atoms with Crippen LogP contribution in [0.1, 0.15) is 15.9 Å². The topological polar surface area (TPSA) is 64.3 Å². The number of ether oxygens (including phenoxy) is 1. The van der Waals surface area contributed by atoms with Crippen LogP contribution in [0.4, 0.5) is 10.1 Å². The molecular formula is C15H14ClFN2O2. The molecule has 0 aromatic heterocycles. The van der Waals surface area contributed by atoms with E-state index >= 15 is 0 Å². The summed E-state index contributed by atoms with van der Waals surface area (Å²) < 4.78 is 18.8. The fraction of sp³-hybridized carbons (Fsp3) is 0.133. The first-order valence-electron chi connectivity index (χ1n) is 6.17. The lowest BCUT2D eigenvalue weighted by Gasteiger charge is -2.11. The van der Waals surface area contributed by atoms with Crippen LogP contribution < -0.4 is 15.8 Å². The largest absolute Gasteiger partial charge is 0.496 e. The van der Waals surface area contributed by atoms with E-state index in [1.807, 2.05) is 0 Å². The predicted molar refractivity (Wildman–Crippen MR) is 80.0 cm³/mol. The third-order valence-electron chi connectivity index (χ3n) is 2.92. The molecule has 0 aliphatic heterocycles. The number of nitrogens with one attached hydrogen (secondary N) is 1. The monoisotopic (exact) mass is 308 g/mol. The first-order valence-corrected chi connectivity index (χ1v) is 6.54. The van der Waals surface area contributed by atoms with Crippen LogP contribution in [0.2, 0.25) is 5.02 Å². The molecule has 1 amide bonds. The minimum absolute atomic E-state index is 0.0673. The Hall–Kier alpha value is -2.27. The average molecular weight is 309 g/mol. The minimum atomic E-state index is -0.667. The zero-order valence-electron chi connectivity index (χ0n) is 11.3. The van der Waals surface area contributed by atoms with E-state index in [2.05, 4.69) is 5.32 Å². The van der Waals surface area contributed by atoms with E-state index in [1.165, 1.54) is 19.2 Å². The van der Waals surface area contributed by atoms with Gasteiger partial charge < -0.3 is 15.8 Å². The van der Waals surface area contributed by atoms with Crippen molar-refractivity contribution in [3.63, 3.8) is 0 Å². The van der Waals surface area contributed by atoms with Gasteiger partial charge in [-0.05, 0) is 36.4 Å². The highest BCUT2D eigenvalue weighted by atomic mass is 35.5. The zero-order valence-corrected chi connectivity index (χ0v) is 12.1. The van der Waals surface area contributed by atoms with Crippen molar-refractivity contribution in [3.8, 4) is 5.75 Å². The predicted octanol–water partition coefficient (Wildman–Crippen LogP) is 3.00. The summed E-state index contributed by atoms with van der Waals surface area (Å²) in [7, 11) is 1.52. The molecule has 110 valence electrons. The minimum Gasteiger partial charge on any atom is -0.496 e. The van der Waals surface area contributed by atoms with E-state index in [0.717, 1.165) is 6.07 Å². The number of halogens is 2. The van der Waals surface area contributed by atoms with Crippen molar-refractivity contribution in [1.29, 1.82) is 0 Å². The normalized spacial score (nSPS) is 10.2. The Bertz CT molecular complexity index is 677. The number of methoxy groups -OCH3 is 1. The molecule has 0 bridgehead atoms. The average Bonchev–Trinajstić information content (AvgIpc) is 2.45. The molecule has 0 aliphatic carbocycles. The number of rotatable bonds is 4. The van der Waals surface area contributed by atoms with Gasteiger partial charge in [0.05, 0.1) is 12.7 Å². The van der Waals surface area contributed by atoms with E-state index < -0.39 is 11.7 Å². The van der Waals surface area contributed by atoms with Gasteiger partial charge in [0, 0.05) is 22.8 Å². The fourth-order valence-electron chi connectivity index (χ4n) is 1.88. The van der Waals surface area contributed by atoms with Gasteiger partial charge in [-0.25, -0.2) is 4.39 Å². The second kappa shape index (κ2) is 6.45. The Labute approximate surface area is 126 Å². The van der Waals surface area contributed by atoms with Crippen molar-refractivity contribution in [2.24, 2.45) is 0 Å². The van der Waals surface area contributed by atoms with E-state index in [1.54, 1.807) is 18.2 Å². The Kier molecular flexibility index (Phi) is 4.65. The van der Waals surface area contributed by atoms with Crippen molar-refractivity contribution in [2.45, 2.75) is 6.54 Å². The fourth-order valence-corrected chi connectivity index (χ4v) is 2.04. The van der Waals surface area contributed by atoms with Crippen LogP contribution >= 0.6 is 11.6 Å². The maximum Gasteiger partial charge on any atom is 0.254 e. The summed E-state index contributed by atoms with van der Waals surface area (Å²) in [6.07, 6.45) is 0. The summed E-state index contributed by atoms with van der Waals surface area (Å²) in [5.41, 5.74) is 6.89. The summed E-state index contributed by atoms with van der Waals surface area (Å²) in [5.74, 6) is -0.603. The number of benzene rings is 2. The van der Waals surface area contributed by atoms with Crippen LogP contribution in [0, 0.1) is 5.82 Å². The highest BCUT2D eigenvalue weighted by Crippen LogP contribution is 2.21. The van der Waals surface area contributed by atoms with Crippen molar-refractivity contribution in [3.05, 3.63) is 58.4 Å². The van der Waals surface area contributed by atoms with Crippen molar-refractivity contribution in [2.75, 3.05) is 12.8 Å². The van der Waals surface area contributed by atoms with Gasteiger partial charge in [-0.15, -0.1) is 0 Å². The lowest BCUT2D eigenvalue weighted by atomic mass is 10.1. The number of nitrogen functional groups attached to an aromatic ring is 1. The maximum absolute atomic E-state index is 13.6. The summed E-state index contributed by atoms with van der Waals surface area (Å²) in [4.78, 5) is 12.0. The van der Waals surface area contributed by atoms with Crippen LogP contribution in [0.15, 0.2) is 36.4 Å². The van der Waals surface area contributed by atoms with Gasteiger partial charge in [0.25, 0.3) is 5.91 Å². The molecule has 0 atom stereocenters. The number of carbonyl (C=O) groups excluding carboxylic acids is 1. The molecule has 4 nitrogen and oxygen atoms in total. The number of anilines is 1. The lowest BCUT2D eigenvalue weighted by Crippen LogP contribution is -2.24. The molecule has 0 fully saturated rings. The summed E-state index contributed by atoms with van der Waals surface area (Å²) in [6, 6.07) is 8.99. The Morgan fingerprint density at radius 3 is 2.76 bits per heavy atom. The van der Waals surface area contributed by atoms with E-state index in [-0.39, 0.29) is 17.1 Å². The molecule has 21 heavy (non-hydrogen) atoms. The number of amides is 1. The van der Waals surface area contributed by atoms with Gasteiger partial charge in [-0.2, -0.15) is 0 Å². The number of hydrogen-bond donors (Lipinski definition) is 2. The van der Waals surface area contributed by atoms with Gasteiger partial charge in [0.15, 0.2) is 0 Å². The van der Waals surface area contributed by atoms with Crippen LogP contribution in [-0.2, 0) is 6.54 Å². The zero-order chi connectivity index (χ0) is 15.4. The van der Waals surface area contributed by atoms with Gasteiger partial charge in [0.1, 0.15) is 11.6 Å². The van der Waals surface area contributed by atoms with E-state index in [4.69, 9.17) is 22.1 Å². The quantitative estimate of drug-likeness (QED) is 0.853. The van der Waals surface area contributed by atoms with E-state index in [9.17, 15) is 9.18 Å². The second-order valence-corrected chi connectivity index (χ2v) is 4.81. The molecule has 2 aromatic carbocycles. The third kappa shape index (κ3) is 3.64. The molecule has 0 aliphatic rings. The molecule has 3 N–H and O–H groups in total. The molecule has 2 aromatic rings.